The molecule has 5 rings (SSSR count). The molecule has 1 unspecified atom stereocenters. The predicted molar refractivity (Wildman–Crippen MR) is 126 cm³/mol. The van der Waals surface area contributed by atoms with Crippen molar-refractivity contribution in [2.45, 2.75) is 51.6 Å². The number of carbonyl (C=O) groups excluding carboxylic acids is 1. The van der Waals surface area contributed by atoms with Crippen LogP contribution in [0.2, 0.25) is 0 Å². The van der Waals surface area contributed by atoms with Crippen LogP contribution in [0.1, 0.15) is 50.3 Å². The zero-order chi connectivity index (χ0) is 23.5. The Morgan fingerprint density at radius 2 is 1.91 bits per heavy atom. The minimum Gasteiger partial charge on any atom is -0.392 e. The van der Waals surface area contributed by atoms with Gasteiger partial charge in [-0.3, -0.25) is 9.59 Å². The number of fused-ring (bicyclic) bond motifs is 3. The number of aromatic nitrogens is 2. The average Bonchev–Trinajstić information content (AvgIpc) is 2.87. The van der Waals surface area contributed by atoms with E-state index in [9.17, 15) is 14.7 Å². The Balaban J connectivity index is 1.73. The molecule has 0 fully saturated rings. The van der Waals surface area contributed by atoms with Gasteiger partial charge < -0.3 is 5.11 Å². The van der Waals surface area contributed by atoms with E-state index < -0.39 is 17.5 Å². The Kier molecular flexibility index (Phi) is 4.94. The third kappa shape index (κ3) is 3.64. The quantitative estimate of drug-likeness (QED) is 0.603. The van der Waals surface area contributed by atoms with Crippen molar-refractivity contribution in [2.24, 2.45) is 0 Å². The van der Waals surface area contributed by atoms with Gasteiger partial charge in [-0.15, -0.1) is 0 Å². The number of carbonyl (C=O) groups is 1. The zero-order valence-corrected chi connectivity index (χ0v) is 18.9. The molecule has 2 aliphatic carbocycles. The van der Waals surface area contributed by atoms with E-state index in [2.05, 4.69) is 5.10 Å². The van der Waals surface area contributed by atoms with E-state index in [1.165, 1.54) is 16.9 Å². The van der Waals surface area contributed by atoms with E-state index in [4.69, 9.17) is 0 Å². The standard InChI is InChI=1S/C27H25FN2O3/c1-27(2,3)17-9-16-14-29-30(26(33)25(16)23(28)12-17)24-6-4-5-21-20-8-7-18(31)10-15(20)11-19(32)13-22(21)24/h4-9,12,14,19,32H,10-11,13H2,1-3H3. The third-order valence-electron chi connectivity index (χ3n) is 6.50. The molecule has 0 saturated heterocycles. The Hall–Kier alpha value is -3.38. The molecule has 6 heteroatoms. The van der Waals surface area contributed by atoms with E-state index in [-0.39, 0.29) is 23.0 Å². The van der Waals surface area contributed by atoms with Crippen LogP contribution in [0.25, 0.3) is 22.0 Å². The Morgan fingerprint density at radius 3 is 2.67 bits per heavy atom. The number of aliphatic hydroxyl groups excluding tert-OH is 1. The monoisotopic (exact) mass is 444 g/mol. The fraction of sp³-hybridized carbons (Fsp3) is 0.296. The van der Waals surface area contributed by atoms with Gasteiger partial charge in [-0.1, -0.05) is 44.6 Å². The number of aliphatic hydroxyl groups is 1. The topological polar surface area (TPSA) is 72.2 Å². The number of hydrogen-bond acceptors (Lipinski definition) is 4. The van der Waals surface area contributed by atoms with Crippen molar-refractivity contribution in [2.75, 3.05) is 0 Å². The summed E-state index contributed by atoms with van der Waals surface area (Å²) in [6.45, 7) is 5.97. The molecule has 3 aromatic rings. The summed E-state index contributed by atoms with van der Waals surface area (Å²) in [5.41, 5.74) is 3.91. The third-order valence-corrected chi connectivity index (χ3v) is 6.50. The van der Waals surface area contributed by atoms with Crippen LogP contribution in [-0.4, -0.2) is 26.8 Å². The first-order valence-electron chi connectivity index (χ1n) is 11.1. The van der Waals surface area contributed by atoms with Crippen molar-refractivity contribution in [1.82, 2.24) is 9.78 Å². The summed E-state index contributed by atoms with van der Waals surface area (Å²) >= 11 is 0. The Labute approximate surface area is 190 Å². The summed E-state index contributed by atoms with van der Waals surface area (Å²) in [5.74, 6) is -0.558. The lowest BCUT2D eigenvalue weighted by Crippen LogP contribution is -2.24. The number of hydrogen-bond donors (Lipinski definition) is 1. The molecule has 168 valence electrons. The lowest BCUT2D eigenvalue weighted by Gasteiger charge is -2.20. The van der Waals surface area contributed by atoms with Crippen molar-refractivity contribution in [3.8, 4) is 5.69 Å². The fourth-order valence-electron chi connectivity index (χ4n) is 4.79. The predicted octanol–water partition coefficient (Wildman–Crippen LogP) is 4.41. The van der Waals surface area contributed by atoms with Gasteiger partial charge in [0.1, 0.15) is 5.82 Å². The summed E-state index contributed by atoms with van der Waals surface area (Å²) in [6, 6.07) is 8.74. The highest BCUT2D eigenvalue weighted by Gasteiger charge is 2.27. The summed E-state index contributed by atoms with van der Waals surface area (Å²) in [6.07, 6.45) is 5.14. The SMILES string of the molecule is CC(C)(C)c1cc(F)c2c(=O)n(-c3cccc4c3CC(O)CC3=C4C=CC(=O)C3)ncc2c1. The van der Waals surface area contributed by atoms with Crippen LogP contribution >= 0.6 is 0 Å². The fourth-order valence-corrected chi connectivity index (χ4v) is 4.79. The summed E-state index contributed by atoms with van der Waals surface area (Å²) in [5, 5.41) is 15.5. The maximum Gasteiger partial charge on any atom is 0.282 e. The number of benzene rings is 2. The second-order valence-corrected chi connectivity index (χ2v) is 9.89. The van der Waals surface area contributed by atoms with E-state index in [0.29, 0.717) is 23.9 Å². The minimum atomic E-state index is -0.695. The molecule has 0 bridgehead atoms. The number of ketones is 1. The van der Waals surface area contributed by atoms with Crippen LogP contribution in [0.5, 0.6) is 0 Å². The molecule has 2 aliphatic rings. The maximum absolute atomic E-state index is 15.1. The molecule has 1 atom stereocenters. The Morgan fingerprint density at radius 1 is 1.12 bits per heavy atom. The molecule has 0 amide bonds. The molecule has 2 aromatic carbocycles. The smallest absolute Gasteiger partial charge is 0.282 e. The zero-order valence-electron chi connectivity index (χ0n) is 18.9. The van der Waals surface area contributed by atoms with Crippen LogP contribution in [-0.2, 0) is 16.6 Å². The van der Waals surface area contributed by atoms with Gasteiger partial charge in [-0.25, -0.2) is 4.39 Å². The van der Waals surface area contributed by atoms with Gasteiger partial charge in [0.2, 0.25) is 0 Å². The minimum absolute atomic E-state index is 0.00663. The highest BCUT2D eigenvalue weighted by molar-refractivity contribution is 6.00. The molecule has 0 spiro atoms. The van der Waals surface area contributed by atoms with Gasteiger partial charge in [0.05, 0.1) is 23.4 Å². The molecular formula is C27H25FN2O3. The highest BCUT2D eigenvalue weighted by atomic mass is 19.1. The average molecular weight is 445 g/mol. The highest BCUT2D eigenvalue weighted by Crippen LogP contribution is 2.37. The van der Waals surface area contributed by atoms with Gasteiger partial charge in [0.15, 0.2) is 5.78 Å². The molecule has 33 heavy (non-hydrogen) atoms. The first-order chi connectivity index (χ1) is 15.6. The van der Waals surface area contributed by atoms with Crippen LogP contribution in [0.3, 0.4) is 0 Å². The van der Waals surface area contributed by atoms with Crippen LogP contribution in [0.15, 0.2) is 59.0 Å². The van der Waals surface area contributed by atoms with Crippen molar-refractivity contribution in [3.63, 3.8) is 0 Å². The lowest BCUT2D eigenvalue weighted by molar-refractivity contribution is -0.114. The molecule has 1 aromatic heterocycles. The molecular weight excluding hydrogens is 419 g/mol. The molecule has 0 radical (unpaired) electrons. The number of nitrogens with zero attached hydrogens (tertiary/aromatic N) is 2. The van der Waals surface area contributed by atoms with Gasteiger partial charge in [-0.2, -0.15) is 9.78 Å². The maximum atomic E-state index is 15.1. The summed E-state index contributed by atoms with van der Waals surface area (Å²) in [7, 11) is 0. The molecule has 1 heterocycles. The first-order valence-corrected chi connectivity index (χ1v) is 11.1. The van der Waals surface area contributed by atoms with E-state index >= 15 is 4.39 Å². The normalized spacial score (nSPS) is 18.3. The number of allylic oxidation sites excluding steroid dienone is 3. The van der Waals surface area contributed by atoms with E-state index in [1.807, 2.05) is 39.0 Å². The van der Waals surface area contributed by atoms with Crippen molar-refractivity contribution in [1.29, 1.82) is 0 Å². The van der Waals surface area contributed by atoms with Crippen LogP contribution in [0.4, 0.5) is 4.39 Å². The largest absolute Gasteiger partial charge is 0.392 e. The van der Waals surface area contributed by atoms with Gasteiger partial charge >= 0.3 is 0 Å². The molecule has 5 nitrogen and oxygen atoms in total. The molecule has 0 saturated carbocycles. The Bertz CT molecular complexity index is 1440. The van der Waals surface area contributed by atoms with Crippen LogP contribution < -0.4 is 5.56 Å². The summed E-state index contributed by atoms with van der Waals surface area (Å²) in [4.78, 5) is 25.3. The second kappa shape index (κ2) is 7.59. The van der Waals surface area contributed by atoms with Gasteiger partial charge in [0.25, 0.3) is 5.56 Å². The number of rotatable bonds is 1. The van der Waals surface area contributed by atoms with E-state index in [1.54, 1.807) is 18.2 Å². The van der Waals surface area contributed by atoms with Crippen molar-refractivity contribution in [3.05, 3.63) is 87.1 Å². The van der Waals surface area contributed by atoms with E-state index in [0.717, 1.165) is 27.8 Å². The van der Waals surface area contributed by atoms with Crippen molar-refractivity contribution >= 4 is 22.1 Å². The van der Waals surface area contributed by atoms with Crippen LogP contribution in [0, 0.1) is 5.82 Å². The molecule has 0 aliphatic heterocycles. The van der Waals surface area contributed by atoms with Gasteiger partial charge in [-0.05, 0) is 58.4 Å². The lowest BCUT2D eigenvalue weighted by atomic mass is 9.86. The first kappa shape index (κ1) is 21.5. The second-order valence-electron chi connectivity index (χ2n) is 9.89. The van der Waals surface area contributed by atoms with Gasteiger partial charge in [0, 0.05) is 18.2 Å². The van der Waals surface area contributed by atoms with Crippen molar-refractivity contribution < 1.29 is 14.3 Å². The number of halogens is 1. The summed E-state index contributed by atoms with van der Waals surface area (Å²) < 4.78 is 16.3. The molecule has 1 N–H and O–H groups in total.